The lowest BCUT2D eigenvalue weighted by Gasteiger charge is -2.26. The van der Waals surface area contributed by atoms with Gasteiger partial charge >= 0.3 is 6.18 Å². The van der Waals surface area contributed by atoms with Crippen molar-refractivity contribution in [3.05, 3.63) is 29.8 Å². The number of para-hydroxylation sites is 1. The summed E-state index contributed by atoms with van der Waals surface area (Å²) in [6, 6.07) is 4.29. The number of amides is 1. The van der Waals surface area contributed by atoms with Crippen LogP contribution >= 0.6 is 0 Å². The molecule has 0 aromatic heterocycles. The Hall–Kier alpha value is -1.60. The van der Waals surface area contributed by atoms with E-state index in [1.54, 1.807) is 6.92 Å². The van der Waals surface area contributed by atoms with Crippen LogP contribution in [0.2, 0.25) is 0 Å². The van der Waals surface area contributed by atoms with Gasteiger partial charge in [-0.05, 0) is 19.1 Å². The number of hydrogen-bond donors (Lipinski definition) is 2. The van der Waals surface area contributed by atoms with Crippen molar-refractivity contribution in [3.63, 3.8) is 0 Å². The molecule has 3 N–H and O–H groups in total. The van der Waals surface area contributed by atoms with Crippen LogP contribution in [-0.4, -0.2) is 25.2 Å². The van der Waals surface area contributed by atoms with E-state index in [-0.39, 0.29) is 18.9 Å². The first kappa shape index (κ1) is 14.8. The van der Waals surface area contributed by atoms with Gasteiger partial charge in [0, 0.05) is 6.04 Å². The maximum atomic E-state index is 12.8. The summed E-state index contributed by atoms with van der Waals surface area (Å²) in [6.45, 7) is 1.88. The molecule has 1 fully saturated rings. The van der Waals surface area contributed by atoms with Gasteiger partial charge < -0.3 is 15.8 Å². The summed E-state index contributed by atoms with van der Waals surface area (Å²) in [5, 5.41) is 2.31. The highest BCUT2D eigenvalue weighted by molar-refractivity contribution is 5.96. The third kappa shape index (κ3) is 2.64. The molecule has 1 aromatic rings. The van der Waals surface area contributed by atoms with Crippen LogP contribution in [0.5, 0.6) is 0 Å². The highest BCUT2D eigenvalue weighted by Crippen LogP contribution is 2.36. The van der Waals surface area contributed by atoms with Crippen molar-refractivity contribution in [3.8, 4) is 0 Å². The third-order valence-electron chi connectivity index (χ3n) is 3.52. The van der Waals surface area contributed by atoms with Gasteiger partial charge in [0.2, 0.25) is 5.91 Å². The predicted molar refractivity (Wildman–Crippen MR) is 67.0 cm³/mol. The highest BCUT2D eigenvalue weighted by Gasteiger charge is 2.45. The van der Waals surface area contributed by atoms with Crippen LogP contribution in [0.1, 0.15) is 12.5 Å². The van der Waals surface area contributed by atoms with Gasteiger partial charge in [-0.3, -0.25) is 4.79 Å². The standard InChI is InChI=1S/C13H15F3N2O2/c1-12(7-20-6-10(12)17)11(19)18-9-5-3-2-4-8(9)13(14,15)16/h2-5,10H,6-7,17H2,1H3,(H,18,19). The zero-order valence-corrected chi connectivity index (χ0v) is 10.8. The molecule has 1 aliphatic rings. The summed E-state index contributed by atoms with van der Waals surface area (Å²) < 4.78 is 43.7. The van der Waals surface area contributed by atoms with E-state index in [9.17, 15) is 18.0 Å². The van der Waals surface area contributed by atoms with Crippen molar-refractivity contribution in [2.45, 2.75) is 19.1 Å². The monoisotopic (exact) mass is 288 g/mol. The van der Waals surface area contributed by atoms with Gasteiger partial charge in [0.05, 0.1) is 29.9 Å². The number of carbonyl (C=O) groups is 1. The van der Waals surface area contributed by atoms with Crippen molar-refractivity contribution in [2.75, 3.05) is 18.5 Å². The summed E-state index contributed by atoms with van der Waals surface area (Å²) in [7, 11) is 0. The fraction of sp³-hybridized carbons (Fsp3) is 0.462. The largest absolute Gasteiger partial charge is 0.418 e. The molecule has 1 aliphatic heterocycles. The number of ether oxygens (including phenoxy) is 1. The van der Waals surface area contributed by atoms with Crippen LogP contribution in [0.25, 0.3) is 0 Å². The molecule has 2 unspecified atom stereocenters. The molecular formula is C13H15F3N2O2. The fourth-order valence-electron chi connectivity index (χ4n) is 2.03. The third-order valence-corrected chi connectivity index (χ3v) is 3.52. The van der Waals surface area contributed by atoms with Crippen LogP contribution in [0.15, 0.2) is 24.3 Å². The molecule has 1 saturated heterocycles. The first-order valence-electron chi connectivity index (χ1n) is 6.06. The SMILES string of the molecule is CC1(C(=O)Nc2ccccc2C(F)(F)F)COCC1N. The molecule has 0 bridgehead atoms. The van der Waals surface area contributed by atoms with Crippen molar-refractivity contribution < 1.29 is 22.7 Å². The quantitative estimate of drug-likeness (QED) is 0.875. The van der Waals surface area contributed by atoms with Gasteiger partial charge in [0.1, 0.15) is 0 Å². The van der Waals surface area contributed by atoms with E-state index in [1.807, 2.05) is 0 Å². The van der Waals surface area contributed by atoms with Gasteiger partial charge in [-0.2, -0.15) is 13.2 Å². The number of benzene rings is 1. The Morgan fingerprint density at radius 3 is 2.65 bits per heavy atom. The maximum absolute atomic E-state index is 12.8. The van der Waals surface area contributed by atoms with Gasteiger partial charge in [-0.1, -0.05) is 12.1 Å². The number of hydrogen-bond acceptors (Lipinski definition) is 3. The lowest BCUT2D eigenvalue weighted by molar-refractivity contribution is -0.137. The van der Waals surface area contributed by atoms with E-state index in [0.717, 1.165) is 6.07 Å². The molecule has 0 radical (unpaired) electrons. The second kappa shape index (κ2) is 5.06. The predicted octanol–water partition coefficient (Wildman–Crippen LogP) is 2.01. The van der Waals surface area contributed by atoms with E-state index in [0.29, 0.717) is 0 Å². The number of carbonyl (C=O) groups excluding carboxylic acids is 1. The minimum Gasteiger partial charge on any atom is -0.379 e. The molecule has 0 spiro atoms. The Kier molecular flexibility index (Phi) is 3.75. The first-order valence-corrected chi connectivity index (χ1v) is 6.06. The Labute approximate surface area is 114 Å². The zero-order chi connectivity index (χ0) is 15.0. The lowest BCUT2D eigenvalue weighted by atomic mass is 9.84. The van der Waals surface area contributed by atoms with Crippen LogP contribution < -0.4 is 11.1 Å². The molecule has 1 heterocycles. The smallest absolute Gasteiger partial charge is 0.379 e. The van der Waals surface area contributed by atoms with Gasteiger partial charge in [-0.25, -0.2) is 0 Å². The van der Waals surface area contributed by atoms with Crippen molar-refractivity contribution in [2.24, 2.45) is 11.1 Å². The summed E-state index contributed by atoms with van der Waals surface area (Å²) >= 11 is 0. The minimum atomic E-state index is -4.53. The molecule has 2 rings (SSSR count). The molecule has 7 heteroatoms. The van der Waals surface area contributed by atoms with E-state index in [2.05, 4.69) is 5.32 Å². The summed E-state index contributed by atoms with van der Waals surface area (Å²) in [5.41, 5.74) is 3.60. The van der Waals surface area contributed by atoms with Gasteiger partial charge in [-0.15, -0.1) is 0 Å². The molecule has 1 amide bonds. The normalized spacial score (nSPS) is 26.6. The molecule has 1 aromatic carbocycles. The zero-order valence-electron chi connectivity index (χ0n) is 10.8. The Balaban J connectivity index is 2.25. The molecule has 2 atom stereocenters. The molecule has 4 nitrogen and oxygen atoms in total. The summed E-state index contributed by atoms with van der Waals surface area (Å²) in [4.78, 5) is 12.2. The minimum absolute atomic E-state index is 0.0915. The Morgan fingerprint density at radius 2 is 2.10 bits per heavy atom. The molecule has 0 saturated carbocycles. The molecular weight excluding hydrogens is 273 g/mol. The van der Waals surface area contributed by atoms with Crippen molar-refractivity contribution >= 4 is 11.6 Å². The molecule has 0 aliphatic carbocycles. The first-order chi connectivity index (χ1) is 9.25. The number of nitrogens with two attached hydrogens (primary N) is 1. The second-order valence-electron chi connectivity index (χ2n) is 5.04. The Bertz CT molecular complexity index is 519. The maximum Gasteiger partial charge on any atom is 0.418 e. The summed E-state index contributed by atoms with van der Waals surface area (Å²) in [6.07, 6.45) is -4.53. The average Bonchev–Trinajstić information content (AvgIpc) is 2.70. The number of halogens is 3. The summed E-state index contributed by atoms with van der Waals surface area (Å²) in [5.74, 6) is -0.570. The van der Waals surface area contributed by atoms with Crippen molar-refractivity contribution in [1.82, 2.24) is 0 Å². The van der Waals surface area contributed by atoms with Crippen LogP contribution in [0, 0.1) is 5.41 Å². The van der Waals surface area contributed by atoms with E-state index in [1.165, 1.54) is 18.2 Å². The van der Waals surface area contributed by atoms with Crippen LogP contribution in [0.4, 0.5) is 18.9 Å². The number of rotatable bonds is 2. The molecule has 110 valence electrons. The molecule has 20 heavy (non-hydrogen) atoms. The number of alkyl halides is 3. The van der Waals surface area contributed by atoms with E-state index < -0.39 is 29.1 Å². The van der Waals surface area contributed by atoms with Gasteiger partial charge in [0.15, 0.2) is 0 Å². The van der Waals surface area contributed by atoms with E-state index >= 15 is 0 Å². The highest BCUT2D eigenvalue weighted by atomic mass is 19.4. The number of nitrogens with one attached hydrogen (secondary N) is 1. The topological polar surface area (TPSA) is 64.3 Å². The van der Waals surface area contributed by atoms with E-state index in [4.69, 9.17) is 10.5 Å². The average molecular weight is 288 g/mol. The number of anilines is 1. The van der Waals surface area contributed by atoms with Crippen LogP contribution in [0.3, 0.4) is 0 Å². The van der Waals surface area contributed by atoms with Gasteiger partial charge in [0.25, 0.3) is 0 Å². The fourth-order valence-corrected chi connectivity index (χ4v) is 2.03. The second-order valence-corrected chi connectivity index (χ2v) is 5.04. The Morgan fingerprint density at radius 1 is 1.45 bits per heavy atom. The van der Waals surface area contributed by atoms with Crippen LogP contribution in [-0.2, 0) is 15.7 Å². The lowest BCUT2D eigenvalue weighted by Crippen LogP contribution is -2.47. The van der Waals surface area contributed by atoms with Crippen molar-refractivity contribution in [1.29, 1.82) is 0 Å².